The van der Waals surface area contributed by atoms with Crippen molar-refractivity contribution in [2.45, 2.75) is 51.1 Å². The van der Waals surface area contributed by atoms with Gasteiger partial charge in [-0.2, -0.15) is 0 Å². The molecule has 0 N–H and O–H groups in total. The quantitative estimate of drug-likeness (QED) is 0.662. The number of hydrogen-bond acceptors (Lipinski definition) is 3. The first kappa shape index (κ1) is 11.1. The smallest absolute Gasteiger partial charge is 0.136 e. The summed E-state index contributed by atoms with van der Waals surface area (Å²) in [6, 6.07) is 0.753. The highest BCUT2D eigenvalue weighted by molar-refractivity contribution is 5.80. The fourth-order valence-electron chi connectivity index (χ4n) is 2.70. The maximum atomic E-state index is 11.5. The second-order valence-electron chi connectivity index (χ2n) is 4.74. The van der Waals surface area contributed by atoms with E-state index in [0.29, 0.717) is 30.7 Å². The third-order valence-corrected chi connectivity index (χ3v) is 3.50. The lowest BCUT2D eigenvalue weighted by molar-refractivity contribution is -0.135. The van der Waals surface area contributed by atoms with E-state index in [1.807, 2.05) is 0 Å². The molecule has 2 aliphatic heterocycles. The van der Waals surface area contributed by atoms with Crippen molar-refractivity contribution in [2.24, 2.45) is 0 Å². The number of hydrogen-bond donors (Lipinski definition) is 0. The van der Waals surface area contributed by atoms with Crippen molar-refractivity contribution >= 4 is 5.78 Å². The summed E-state index contributed by atoms with van der Waals surface area (Å²) < 4.78 is 5.53. The van der Waals surface area contributed by atoms with E-state index in [-0.39, 0.29) is 0 Å². The number of ether oxygens (including phenoxy) is 1. The van der Waals surface area contributed by atoms with Gasteiger partial charge in [-0.3, -0.25) is 9.69 Å². The van der Waals surface area contributed by atoms with Crippen molar-refractivity contribution in [3.8, 4) is 0 Å². The molecule has 0 aromatic rings. The molecule has 2 unspecified atom stereocenters. The number of rotatable bonds is 4. The summed E-state index contributed by atoms with van der Waals surface area (Å²) in [5.74, 6) is 0.431. The number of piperidine rings is 1. The van der Waals surface area contributed by atoms with Crippen LogP contribution in [0, 0.1) is 0 Å². The number of ketones is 1. The van der Waals surface area contributed by atoms with E-state index in [1.54, 1.807) is 0 Å². The van der Waals surface area contributed by atoms with Crippen LogP contribution < -0.4 is 0 Å². The van der Waals surface area contributed by atoms with E-state index < -0.39 is 0 Å². The Hall–Kier alpha value is -0.410. The zero-order chi connectivity index (χ0) is 10.7. The minimum Gasteiger partial charge on any atom is -0.378 e. The fraction of sp³-hybridized carbons (Fsp3) is 0.917. The van der Waals surface area contributed by atoms with Gasteiger partial charge in [0.25, 0.3) is 0 Å². The van der Waals surface area contributed by atoms with Crippen LogP contribution in [0.5, 0.6) is 0 Å². The summed E-state index contributed by atoms with van der Waals surface area (Å²) in [5, 5.41) is 0. The lowest BCUT2D eigenvalue weighted by Crippen LogP contribution is -2.57. The van der Waals surface area contributed by atoms with E-state index in [4.69, 9.17) is 4.74 Å². The molecule has 0 aromatic heterocycles. The first-order chi connectivity index (χ1) is 7.31. The second-order valence-corrected chi connectivity index (χ2v) is 4.74. The lowest BCUT2D eigenvalue weighted by atomic mass is 9.93. The maximum Gasteiger partial charge on any atom is 0.136 e. The molecule has 2 atom stereocenters. The molecule has 0 aliphatic carbocycles. The maximum absolute atomic E-state index is 11.5. The van der Waals surface area contributed by atoms with E-state index in [9.17, 15) is 4.79 Å². The Morgan fingerprint density at radius 2 is 1.93 bits per heavy atom. The van der Waals surface area contributed by atoms with Gasteiger partial charge in [0.1, 0.15) is 5.78 Å². The van der Waals surface area contributed by atoms with Gasteiger partial charge < -0.3 is 4.74 Å². The topological polar surface area (TPSA) is 29.5 Å². The zero-order valence-electron chi connectivity index (χ0n) is 9.58. The summed E-state index contributed by atoms with van der Waals surface area (Å²) in [7, 11) is 0. The molecular formula is C12H21NO2. The average molecular weight is 211 g/mol. The molecule has 2 rings (SSSR count). The van der Waals surface area contributed by atoms with Crippen molar-refractivity contribution < 1.29 is 9.53 Å². The van der Waals surface area contributed by atoms with Crippen molar-refractivity contribution in [2.75, 3.05) is 19.8 Å². The van der Waals surface area contributed by atoms with E-state index in [1.165, 1.54) is 19.3 Å². The number of carbonyl (C=O) groups excluding carboxylic acids is 1. The van der Waals surface area contributed by atoms with Crippen LogP contribution in [0.4, 0.5) is 0 Å². The van der Waals surface area contributed by atoms with Crippen molar-refractivity contribution in [3.63, 3.8) is 0 Å². The first-order valence-corrected chi connectivity index (χ1v) is 6.16. The molecule has 0 radical (unpaired) electrons. The van der Waals surface area contributed by atoms with Crippen molar-refractivity contribution in [3.05, 3.63) is 0 Å². The number of Topliss-reactive ketones (excluding diaryl/α,β-unsaturated/α-hetero) is 1. The molecule has 3 heteroatoms. The Balaban J connectivity index is 1.89. The number of morpholine rings is 1. The van der Waals surface area contributed by atoms with E-state index >= 15 is 0 Å². The first-order valence-electron chi connectivity index (χ1n) is 6.16. The molecule has 0 aromatic carbocycles. The largest absolute Gasteiger partial charge is 0.378 e. The summed E-state index contributed by atoms with van der Waals surface area (Å²) in [6.45, 7) is 4.90. The predicted molar refractivity (Wildman–Crippen MR) is 58.9 cm³/mol. The van der Waals surface area contributed by atoms with Crippen molar-refractivity contribution in [1.82, 2.24) is 4.90 Å². The highest BCUT2D eigenvalue weighted by Crippen LogP contribution is 2.25. The Kier molecular flexibility index (Phi) is 3.76. The molecule has 2 fully saturated rings. The summed E-state index contributed by atoms with van der Waals surface area (Å²) in [4.78, 5) is 14.0. The average Bonchev–Trinajstić information content (AvgIpc) is 2.19. The van der Waals surface area contributed by atoms with Crippen LogP contribution in [0.25, 0.3) is 0 Å². The Morgan fingerprint density at radius 3 is 2.53 bits per heavy atom. The zero-order valence-corrected chi connectivity index (χ0v) is 9.58. The van der Waals surface area contributed by atoms with Gasteiger partial charge in [-0.15, -0.1) is 0 Å². The number of nitrogens with zero attached hydrogens (tertiary/aromatic N) is 1. The molecule has 15 heavy (non-hydrogen) atoms. The predicted octanol–water partition coefficient (Wildman–Crippen LogP) is 1.61. The van der Waals surface area contributed by atoms with Gasteiger partial charge in [-0.05, 0) is 13.0 Å². The summed E-state index contributed by atoms with van der Waals surface area (Å²) >= 11 is 0. The Bertz CT molecular complexity index is 214. The molecular weight excluding hydrogens is 190 g/mol. The third-order valence-electron chi connectivity index (χ3n) is 3.50. The monoisotopic (exact) mass is 211 g/mol. The molecule has 0 amide bonds. The van der Waals surface area contributed by atoms with Crippen LogP contribution >= 0.6 is 0 Å². The van der Waals surface area contributed by atoms with Crippen LogP contribution in [0.2, 0.25) is 0 Å². The van der Waals surface area contributed by atoms with E-state index in [2.05, 4.69) is 11.8 Å². The minimum atomic E-state index is 0.377. The van der Waals surface area contributed by atoms with Crippen LogP contribution in [-0.2, 0) is 9.53 Å². The molecule has 2 aliphatic rings. The summed E-state index contributed by atoms with van der Waals surface area (Å²) in [5.41, 5.74) is 0. The molecule has 86 valence electrons. The SMILES string of the molecule is CCCCCN1C2COCC1CC(=O)C2. The Morgan fingerprint density at radius 1 is 1.27 bits per heavy atom. The van der Waals surface area contributed by atoms with Gasteiger partial charge in [0.2, 0.25) is 0 Å². The van der Waals surface area contributed by atoms with Gasteiger partial charge >= 0.3 is 0 Å². The number of unbranched alkanes of at least 4 members (excludes halogenated alkanes) is 2. The molecule has 2 bridgehead atoms. The van der Waals surface area contributed by atoms with Crippen LogP contribution in [-0.4, -0.2) is 42.5 Å². The van der Waals surface area contributed by atoms with Gasteiger partial charge in [0.05, 0.1) is 13.2 Å². The van der Waals surface area contributed by atoms with Crippen LogP contribution in [0.15, 0.2) is 0 Å². The van der Waals surface area contributed by atoms with Crippen molar-refractivity contribution in [1.29, 1.82) is 0 Å². The third kappa shape index (κ3) is 2.58. The molecule has 3 nitrogen and oxygen atoms in total. The molecule has 0 spiro atoms. The minimum absolute atomic E-state index is 0.377. The normalized spacial score (nSPS) is 31.9. The lowest BCUT2D eigenvalue weighted by Gasteiger charge is -2.45. The Labute approximate surface area is 91.8 Å². The molecule has 2 heterocycles. The number of fused-ring (bicyclic) bond motifs is 2. The highest BCUT2D eigenvalue weighted by atomic mass is 16.5. The van der Waals surface area contributed by atoms with Gasteiger partial charge in [-0.1, -0.05) is 19.8 Å². The van der Waals surface area contributed by atoms with E-state index in [0.717, 1.165) is 19.8 Å². The van der Waals surface area contributed by atoms with Gasteiger partial charge in [0.15, 0.2) is 0 Å². The summed E-state index contributed by atoms with van der Waals surface area (Å²) in [6.07, 6.45) is 5.24. The van der Waals surface area contributed by atoms with Gasteiger partial charge in [-0.25, -0.2) is 0 Å². The highest BCUT2D eigenvalue weighted by Gasteiger charge is 2.37. The molecule has 0 saturated carbocycles. The van der Waals surface area contributed by atoms with Crippen LogP contribution in [0.1, 0.15) is 39.0 Å². The number of carbonyl (C=O) groups is 1. The second kappa shape index (κ2) is 5.08. The standard InChI is InChI=1S/C12H21NO2/c1-2-3-4-5-13-10-6-12(14)7-11(13)9-15-8-10/h10-11H,2-9H2,1H3. The van der Waals surface area contributed by atoms with Gasteiger partial charge in [0, 0.05) is 24.9 Å². The molecule has 2 saturated heterocycles. The fourth-order valence-corrected chi connectivity index (χ4v) is 2.70. The van der Waals surface area contributed by atoms with Crippen LogP contribution in [0.3, 0.4) is 0 Å².